The van der Waals surface area contributed by atoms with Crippen molar-refractivity contribution in [1.82, 2.24) is 15.0 Å². The molecule has 2 bridgehead atoms. The van der Waals surface area contributed by atoms with Crippen molar-refractivity contribution in [3.8, 4) is 0 Å². The van der Waals surface area contributed by atoms with E-state index in [0.29, 0.717) is 0 Å². The molecule has 174 valence electrons. The fraction of sp³-hybridized carbons (Fsp3) is 0.500. The number of anilines is 2. The van der Waals surface area contributed by atoms with Crippen LogP contribution in [0.4, 0.5) is 24.8 Å². The van der Waals surface area contributed by atoms with Crippen LogP contribution in [0.2, 0.25) is 0 Å². The van der Waals surface area contributed by atoms with Crippen molar-refractivity contribution in [2.24, 2.45) is 17.8 Å². The second-order valence-electron chi connectivity index (χ2n) is 9.12. The summed E-state index contributed by atoms with van der Waals surface area (Å²) in [7, 11) is 0. The maximum absolute atomic E-state index is 15.4. The van der Waals surface area contributed by atoms with Crippen molar-refractivity contribution in [2.45, 2.75) is 50.2 Å². The standard InChI is InChI=1S/C22H23F3N6O2/c23-10-5-12(19(27)28-7-10)16(26)21-30-18(11-6-13(11)24)15(25)20(31-21)29-17-9-3-1-8(2-4-9)14(17)22(32)33/h5,7-9,11,13-14,17,26H,1-4,6H2,(H2,27,28)(H,32,33)(H,29,30,31). The van der Waals surface area contributed by atoms with Crippen LogP contribution in [0.5, 0.6) is 0 Å². The molecule has 8 nitrogen and oxygen atoms in total. The summed E-state index contributed by atoms with van der Waals surface area (Å²) in [6, 6.07) is 0.454. The Bertz CT molecular complexity index is 1140. The van der Waals surface area contributed by atoms with E-state index < -0.39 is 41.7 Å². The highest BCUT2D eigenvalue weighted by molar-refractivity contribution is 6.11. The fourth-order valence-electron chi connectivity index (χ4n) is 5.31. The molecule has 2 aromatic rings. The molecule has 4 atom stereocenters. The zero-order valence-electron chi connectivity index (χ0n) is 17.6. The number of aliphatic carboxylic acids is 1. The highest BCUT2D eigenvalue weighted by Crippen LogP contribution is 2.48. The maximum atomic E-state index is 15.4. The van der Waals surface area contributed by atoms with Gasteiger partial charge in [-0.05, 0) is 50.0 Å². The van der Waals surface area contributed by atoms with Crippen LogP contribution in [0.25, 0.3) is 0 Å². The van der Waals surface area contributed by atoms with E-state index in [-0.39, 0.29) is 52.7 Å². The van der Waals surface area contributed by atoms with E-state index in [0.717, 1.165) is 37.9 Å². The van der Waals surface area contributed by atoms with E-state index in [1.54, 1.807) is 0 Å². The molecule has 2 aromatic heterocycles. The number of nitrogens with zero attached hydrogens (tertiary/aromatic N) is 3. The average molecular weight is 460 g/mol. The van der Waals surface area contributed by atoms with Crippen LogP contribution >= 0.6 is 0 Å². The van der Waals surface area contributed by atoms with E-state index in [4.69, 9.17) is 11.1 Å². The van der Waals surface area contributed by atoms with Crippen LogP contribution in [-0.2, 0) is 4.79 Å². The molecule has 0 saturated heterocycles. The molecular weight excluding hydrogens is 437 g/mol. The number of hydrogen-bond acceptors (Lipinski definition) is 7. The van der Waals surface area contributed by atoms with Gasteiger partial charge in [-0.1, -0.05) is 0 Å². The van der Waals surface area contributed by atoms with Crippen LogP contribution in [-0.4, -0.2) is 44.0 Å². The number of rotatable bonds is 6. The van der Waals surface area contributed by atoms with Gasteiger partial charge in [-0.2, -0.15) is 0 Å². The van der Waals surface area contributed by atoms with Gasteiger partial charge in [-0.3, -0.25) is 10.2 Å². The lowest BCUT2D eigenvalue weighted by Gasteiger charge is -2.47. The topological polar surface area (TPSA) is 138 Å². The van der Waals surface area contributed by atoms with Crippen molar-refractivity contribution >= 4 is 23.3 Å². The normalized spacial score (nSPS) is 30.2. The minimum absolute atomic E-state index is 0.0102. The summed E-state index contributed by atoms with van der Waals surface area (Å²) in [5.74, 6) is -4.64. The highest BCUT2D eigenvalue weighted by atomic mass is 19.1. The molecule has 0 spiro atoms. The Morgan fingerprint density at radius 1 is 1.18 bits per heavy atom. The summed E-state index contributed by atoms with van der Waals surface area (Å²) < 4.78 is 42.9. The number of halogens is 3. The first-order valence-corrected chi connectivity index (χ1v) is 11.0. The van der Waals surface area contributed by atoms with E-state index in [1.165, 1.54) is 0 Å². The van der Waals surface area contributed by atoms with Crippen molar-refractivity contribution < 1.29 is 23.1 Å². The summed E-state index contributed by atoms with van der Waals surface area (Å²) in [6.07, 6.45) is 3.01. The van der Waals surface area contributed by atoms with Crippen molar-refractivity contribution in [1.29, 1.82) is 5.41 Å². The molecule has 4 saturated carbocycles. The van der Waals surface area contributed by atoms with Crippen molar-refractivity contribution in [3.63, 3.8) is 0 Å². The Balaban J connectivity index is 1.55. The Morgan fingerprint density at radius 2 is 1.85 bits per heavy atom. The monoisotopic (exact) mass is 460 g/mol. The van der Waals surface area contributed by atoms with Crippen LogP contribution in [0.3, 0.4) is 0 Å². The fourth-order valence-corrected chi connectivity index (χ4v) is 5.31. The Labute approximate surface area is 187 Å². The van der Waals surface area contributed by atoms with Crippen LogP contribution in [0.1, 0.15) is 55.1 Å². The zero-order valence-corrected chi connectivity index (χ0v) is 17.6. The Kier molecular flexibility index (Phi) is 5.21. The number of nitrogens with two attached hydrogens (primary N) is 1. The number of fused-ring (bicyclic) bond motifs is 3. The van der Waals surface area contributed by atoms with Gasteiger partial charge in [-0.25, -0.2) is 28.1 Å². The lowest BCUT2D eigenvalue weighted by molar-refractivity contribution is -0.148. The lowest BCUT2D eigenvalue weighted by Crippen LogP contribution is -2.51. The third-order valence-electron chi connectivity index (χ3n) is 7.13. The summed E-state index contributed by atoms with van der Waals surface area (Å²) in [5.41, 5.74) is 5.13. The quantitative estimate of drug-likeness (QED) is 0.486. The van der Waals surface area contributed by atoms with Crippen LogP contribution in [0, 0.1) is 34.8 Å². The summed E-state index contributed by atoms with van der Waals surface area (Å²) in [6.45, 7) is 0. The van der Waals surface area contributed by atoms with Crippen molar-refractivity contribution in [2.75, 3.05) is 11.1 Å². The molecule has 0 aliphatic heterocycles. The molecule has 4 unspecified atom stereocenters. The molecule has 4 aliphatic rings. The molecular formula is C22H23F3N6O2. The molecule has 0 aromatic carbocycles. The summed E-state index contributed by atoms with van der Waals surface area (Å²) >= 11 is 0. The van der Waals surface area contributed by atoms with Gasteiger partial charge in [-0.15, -0.1) is 0 Å². The second-order valence-corrected chi connectivity index (χ2v) is 9.12. The minimum atomic E-state index is -1.26. The van der Waals surface area contributed by atoms with Crippen LogP contribution in [0.15, 0.2) is 12.3 Å². The number of carboxylic acid groups (broad SMARTS) is 1. The number of nitrogen functional groups attached to an aromatic ring is 1. The van der Waals surface area contributed by atoms with E-state index >= 15 is 4.39 Å². The molecule has 4 fully saturated rings. The number of carboxylic acids is 1. The van der Waals surface area contributed by atoms with Gasteiger partial charge in [0.25, 0.3) is 0 Å². The number of carbonyl (C=O) groups is 1. The Hall–Kier alpha value is -3.24. The lowest BCUT2D eigenvalue weighted by atomic mass is 9.61. The smallest absolute Gasteiger partial charge is 0.308 e. The average Bonchev–Trinajstić information content (AvgIpc) is 3.53. The predicted octanol–water partition coefficient (Wildman–Crippen LogP) is 3.27. The Morgan fingerprint density at radius 3 is 2.48 bits per heavy atom. The zero-order chi connectivity index (χ0) is 23.4. The van der Waals surface area contributed by atoms with Gasteiger partial charge in [0.2, 0.25) is 0 Å². The molecule has 0 radical (unpaired) electrons. The van der Waals surface area contributed by atoms with E-state index in [9.17, 15) is 18.7 Å². The number of aromatic nitrogens is 3. The van der Waals surface area contributed by atoms with E-state index in [2.05, 4.69) is 20.3 Å². The van der Waals surface area contributed by atoms with Gasteiger partial charge in [0.05, 0.1) is 17.8 Å². The number of hydrogen-bond donors (Lipinski definition) is 4. The first-order chi connectivity index (χ1) is 15.7. The number of nitrogens with one attached hydrogen (secondary N) is 2. The molecule has 6 rings (SSSR count). The molecule has 0 amide bonds. The number of alkyl halides is 1. The summed E-state index contributed by atoms with van der Waals surface area (Å²) in [4.78, 5) is 23.9. The van der Waals surface area contributed by atoms with E-state index in [1.807, 2.05) is 0 Å². The third-order valence-corrected chi connectivity index (χ3v) is 7.13. The molecule has 2 heterocycles. The SMILES string of the molecule is N=C(c1nc(NC2C3CCC(CC3)C2C(=O)O)c(F)c(C2CC2F)n1)c1cc(F)cnc1N. The minimum Gasteiger partial charge on any atom is -0.481 e. The van der Waals surface area contributed by atoms with Gasteiger partial charge in [0.1, 0.15) is 23.5 Å². The highest BCUT2D eigenvalue weighted by Gasteiger charge is 2.48. The number of pyridine rings is 1. The van der Waals surface area contributed by atoms with Gasteiger partial charge < -0.3 is 16.2 Å². The largest absolute Gasteiger partial charge is 0.481 e. The second kappa shape index (κ2) is 7.96. The van der Waals surface area contributed by atoms with Gasteiger partial charge in [0, 0.05) is 17.5 Å². The van der Waals surface area contributed by atoms with Crippen LogP contribution < -0.4 is 11.1 Å². The predicted molar refractivity (Wildman–Crippen MR) is 113 cm³/mol. The first-order valence-electron chi connectivity index (χ1n) is 11.0. The van der Waals surface area contributed by atoms with Gasteiger partial charge in [0.15, 0.2) is 17.5 Å². The molecule has 5 N–H and O–H groups in total. The molecule has 33 heavy (non-hydrogen) atoms. The molecule has 11 heteroatoms. The van der Waals surface area contributed by atoms with Crippen molar-refractivity contribution in [3.05, 3.63) is 41.0 Å². The maximum Gasteiger partial charge on any atom is 0.308 e. The summed E-state index contributed by atoms with van der Waals surface area (Å²) in [5, 5.41) is 21.2. The third kappa shape index (κ3) is 3.79. The first kappa shape index (κ1) is 21.6. The molecule has 4 aliphatic carbocycles. The van der Waals surface area contributed by atoms with Gasteiger partial charge >= 0.3 is 5.97 Å².